The Hall–Kier alpha value is -1.42. The Balaban J connectivity index is 2.87. The van der Waals surface area contributed by atoms with Gasteiger partial charge in [-0.25, -0.2) is 0 Å². The third kappa shape index (κ3) is 3.02. The van der Waals surface area contributed by atoms with Crippen LogP contribution in [0.5, 0.6) is 0 Å². The zero-order chi connectivity index (χ0) is 11.6. The molecule has 2 N–H and O–H groups in total. The highest BCUT2D eigenvalue weighted by Crippen LogP contribution is 2.14. The number of aryl methyl sites for hydroxylation is 2. The average Bonchev–Trinajstić information content (AvgIpc) is 2.08. The molecule has 0 aliphatic rings. The molecule has 0 aliphatic carbocycles. The first-order valence-electron chi connectivity index (χ1n) is 4.79. The van der Waals surface area contributed by atoms with Gasteiger partial charge in [0.25, 0.3) is 5.91 Å². The SMILES string of the molecule is Cc1ccc(NC(=O)C(C)(C)O)c(C)n1. The molecule has 0 saturated heterocycles. The van der Waals surface area contributed by atoms with Crippen molar-refractivity contribution < 1.29 is 9.90 Å². The second-order valence-electron chi connectivity index (χ2n) is 4.10. The standard InChI is InChI=1S/C11H16N2O2/c1-7-5-6-9(8(2)12-7)13-10(14)11(3,4)15/h5-6,15H,1-4H3,(H,13,14). The number of hydrogen-bond acceptors (Lipinski definition) is 3. The Morgan fingerprint density at radius 2 is 2.00 bits per heavy atom. The van der Waals surface area contributed by atoms with Crippen LogP contribution in [0.1, 0.15) is 25.2 Å². The summed E-state index contributed by atoms with van der Waals surface area (Å²) in [6, 6.07) is 3.59. The van der Waals surface area contributed by atoms with Gasteiger partial charge in [-0.2, -0.15) is 0 Å². The van der Waals surface area contributed by atoms with E-state index in [9.17, 15) is 9.90 Å². The number of carbonyl (C=O) groups excluding carboxylic acids is 1. The highest BCUT2D eigenvalue weighted by Gasteiger charge is 2.24. The zero-order valence-electron chi connectivity index (χ0n) is 9.46. The van der Waals surface area contributed by atoms with Crippen LogP contribution in [-0.4, -0.2) is 21.6 Å². The van der Waals surface area contributed by atoms with Gasteiger partial charge in [-0.1, -0.05) is 0 Å². The van der Waals surface area contributed by atoms with E-state index in [0.29, 0.717) is 5.69 Å². The molecule has 1 aromatic heterocycles. The summed E-state index contributed by atoms with van der Waals surface area (Å²) in [6.07, 6.45) is 0. The highest BCUT2D eigenvalue weighted by molar-refractivity contribution is 5.96. The van der Waals surface area contributed by atoms with Crippen molar-refractivity contribution in [2.24, 2.45) is 0 Å². The van der Waals surface area contributed by atoms with Crippen LogP contribution in [-0.2, 0) is 4.79 Å². The predicted molar refractivity (Wildman–Crippen MR) is 58.6 cm³/mol. The summed E-state index contributed by atoms with van der Waals surface area (Å²) in [6.45, 7) is 6.58. The van der Waals surface area contributed by atoms with Gasteiger partial charge in [-0.3, -0.25) is 9.78 Å². The van der Waals surface area contributed by atoms with Crippen molar-refractivity contribution in [3.05, 3.63) is 23.5 Å². The third-order valence-corrected chi connectivity index (χ3v) is 2.03. The summed E-state index contributed by atoms with van der Waals surface area (Å²) in [5.74, 6) is -0.434. The van der Waals surface area contributed by atoms with E-state index in [0.717, 1.165) is 11.4 Å². The molecule has 0 atom stereocenters. The number of nitrogens with one attached hydrogen (secondary N) is 1. The van der Waals surface area contributed by atoms with Crippen molar-refractivity contribution in [3.63, 3.8) is 0 Å². The summed E-state index contributed by atoms with van der Waals surface area (Å²) >= 11 is 0. The molecule has 1 rings (SSSR count). The smallest absolute Gasteiger partial charge is 0.255 e. The van der Waals surface area contributed by atoms with E-state index >= 15 is 0 Å². The van der Waals surface area contributed by atoms with Gasteiger partial charge in [0, 0.05) is 5.69 Å². The minimum Gasteiger partial charge on any atom is -0.381 e. The molecule has 0 spiro atoms. The van der Waals surface area contributed by atoms with Crippen LogP contribution < -0.4 is 5.32 Å². The topological polar surface area (TPSA) is 62.2 Å². The van der Waals surface area contributed by atoms with E-state index in [4.69, 9.17) is 0 Å². The van der Waals surface area contributed by atoms with Crippen LogP contribution in [0, 0.1) is 13.8 Å². The Labute approximate surface area is 89.3 Å². The van der Waals surface area contributed by atoms with E-state index in [1.807, 2.05) is 19.9 Å². The second kappa shape index (κ2) is 3.98. The van der Waals surface area contributed by atoms with Crippen molar-refractivity contribution >= 4 is 11.6 Å². The van der Waals surface area contributed by atoms with Gasteiger partial charge < -0.3 is 10.4 Å². The van der Waals surface area contributed by atoms with Gasteiger partial charge in [-0.15, -0.1) is 0 Å². The summed E-state index contributed by atoms with van der Waals surface area (Å²) in [4.78, 5) is 15.7. The molecule has 1 amide bonds. The van der Waals surface area contributed by atoms with Gasteiger partial charge in [0.2, 0.25) is 0 Å². The summed E-state index contributed by atoms with van der Waals surface area (Å²) in [5.41, 5.74) is 0.895. The number of hydrogen-bond donors (Lipinski definition) is 2. The lowest BCUT2D eigenvalue weighted by Gasteiger charge is -2.17. The number of pyridine rings is 1. The molecule has 1 aromatic rings. The van der Waals surface area contributed by atoms with E-state index in [1.54, 1.807) is 6.07 Å². The van der Waals surface area contributed by atoms with Crippen molar-refractivity contribution in [1.82, 2.24) is 4.98 Å². The molecule has 0 radical (unpaired) electrons. The van der Waals surface area contributed by atoms with Crippen LogP contribution in [0.25, 0.3) is 0 Å². The summed E-state index contributed by atoms with van der Waals surface area (Å²) in [7, 11) is 0. The third-order valence-electron chi connectivity index (χ3n) is 2.03. The Kier molecular flexibility index (Phi) is 3.09. The Bertz CT molecular complexity index is 381. The molecule has 1 heterocycles. The van der Waals surface area contributed by atoms with Gasteiger partial charge in [-0.05, 0) is 39.8 Å². The van der Waals surface area contributed by atoms with Crippen LogP contribution >= 0.6 is 0 Å². The molecule has 4 heteroatoms. The molecular formula is C11H16N2O2. The van der Waals surface area contributed by atoms with Crippen LogP contribution in [0.15, 0.2) is 12.1 Å². The van der Waals surface area contributed by atoms with Crippen molar-refractivity contribution in [2.45, 2.75) is 33.3 Å². The monoisotopic (exact) mass is 208 g/mol. The molecule has 0 fully saturated rings. The molecule has 15 heavy (non-hydrogen) atoms. The second-order valence-corrected chi connectivity index (χ2v) is 4.10. The minimum atomic E-state index is -1.38. The van der Waals surface area contributed by atoms with E-state index in [1.165, 1.54) is 13.8 Å². The number of aliphatic hydroxyl groups is 1. The zero-order valence-corrected chi connectivity index (χ0v) is 9.46. The van der Waals surface area contributed by atoms with Crippen molar-refractivity contribution in [2.75, 3.05) is 5.32 Å². The normalized spacial score (nSPS) is 11.3. The molecule has 82 valence electrons. The first-order chi connectivity index (χ1) is 6.80. The highest BCUT2D eigenvalue weighted by atomic mass is 16.3. The van der Waals surface area contributed by atoms with Crippen molar-refractivity contribution in [3.8, 4) is 0 Å². The van der Waals surface area contributed by atoms with Gasteiger partial charge in [0.1, 0.15) is 5.60 Å². The van der Waals surface area contributed by atoms with E-state index in [-0.39, 0.29) is 0 Å². The van der Waals surface area contributed by atoms with Crippen LogP contribution in [0.4, 0.5) is 5.69 Å². The van der Waals surface area contributed by atoms with E-state index < -0.39 is 11.5 Å². The Morgan fingerprint density at radius 3 is 2.47 bits per heavy atom. The molecule has 0 saturated carbocycles. The molecular weight excluding hydrogens is 192 g/mol. The van der Waals surface area contributed by atoms with Crippen molar-refractivity contribution in [1.29, 1.82) is 0 Å². The molecule has 0 unspecified atom stereocenters. The summed E-state index contributed by atoms with van der Waals surface area (Å²) in [5, 5.41) is 12.1. The first-order valence-corrected chi connectivity index (χ1v) is 4.79. The molecule has 4 nitrogen and oxygen atoms in total. The fourth-order valence-electron chi connectivity index (χ4n) is 1.09. The number of carbonyl (C=O) groups is 1. The number of anilines is 1. The lowest BCUT2D eigenvalue weighted by atomic mass is 10.1. The van der Waals surface area contributed by atoms with Crippen LogP contribution in [0.3, 0.4) is 0 Å². The number of aromatic nitrogens is 1. The van der Waals surface area contributed by atoms with Gasteiger partial charge in [0.05, 0.1) is 11.4 Å². The fraction of sp³-hybridized carbons (Fsp3) is 0.455. The average molecular weight is 208 g/mol. The summed E-state index contributed by atoms with van der Waals surface area (Å²) < 4.78 is 0. The molecule has 0 bridgehead atoms. The van der Waals surface area contributed by atoms with Gasteiger partial charge >= 0.3 is 0 Å². The minimum absolute atomic E-state index is 0.434. The quantitative estimate of drug-likeness (QED) is 0.772. The largest absolute Gasteiger partial charge is 0.381 e. The predicted octanol–water partition coefficient (Wildman–Crippen LogP) is 1.41. The number of amides is 1. The van der Waals surface area contributed by atoms with Gasteiger partial charge in [0.15, 0.2) is 0 Å². The lowest BCUT2D eigenvalue weighted by Crippen LogP contribution is -2.36. The van der Waals surface area contributed by atoms with E-state index in [2.05, 4.69) is 10.3 Å². The maximum absolute atomic E-state index is 11.5. The number of rotatable bonds is 2. The van der Waals surface area contributed by atoms with Crippen LogP contribution in [0.2, 0.25) is 0 Å². The fourth-order valence-corrected chi connectivity index (χ4v) is 1.09. The number of nitrogens with zero attached hydrogens (tertiary/aromatic N) is 1. The molecule has 0 aliphatic heterocycles. The first kappa shape index (κ1) is 11.7. The Morgan fingerprint density at radius 1 is 1.40 bits per heavy atom. The molecule has 0 aromatic carbocycles. The maximum atomic E-state index is 11.5. The lowest BCUT2D eigenvalue weighted by molar-refractivity contribution is -0.130. The maximum Gasteiger partial charge on any atom is 0.255 e.